The summed E-state index contributed by atoms with van der Waals surface area (Å²) in [6, 6.07) is 10.8. The molecule has 9 heteroatoms. The highest BCUT2D eigenvalue weighted by Crippen LogP contribution is 2.36. The Kier molecular flexibility index (Phi) is 6.54. The summed E-state index contributed by atoms with van der Waals surface area (Å²) in [6.07, 6.45) is 1.90. The van der Waals surface area contributed by atoms with Gasteiger partial charge in [-0.1, -0.05) is 13.0 Å². The van der Waals surface area contributed by atoms with Crippen LogP contribution in [-0.4, -0.2) is 48.3 Å². The monoisotopic (exact) mass is 465 g/mol. The van der Waals surface area contributed by atoms with Gasteiger partial charge in [-0.25, -0.2) is 4.79 Å². The lowest BCUT2D eigenvalue weighted by Gasteiger charge is -2.23. The number of ether oxygens (including phenoxy) is 2. The third-order valence-corrected chi connectivity index (χ3v) is 5.87. The number of benzene rings is 2. The van der Waals surface area contributed by atoms with Crippen LogP contribution in [0.3, 0.4) is 0 Å². The molecule has 0 spiro atoms. The third-order valence-electron chi connectivity index (χ3n) is 5.87. The van der Waals surface area contributed by atoms with Gasteiger partial charge in [-0.3, -0.25) is 19.3 Å². The number of Topliss-reactive ketones (excluding diaryl/α,β-unsaturated/α-hetero) is 1. The second-order valence-electron chi connectivity index (χ2n) is 8.46. The molecular weight excluding hydrogens is 438 g/mol. The predicted octanol–water partition coefficient (Wildman–Crippen LogP) is 3.24. The Morgan fingerprint density at radius 1 is 1.06 bits per heavy atom. The van der Waals surface area contributed by atoms with Crippen molar-refractivity contribution in [2.75, 3.05) is 25.1 Å². The first-order valence-corrected chi connectivity index (χ1v) is 11.3. The van der Waals surface area contributed by atoms with Crippen LogP contribution in [0.5, 0.6) is 11.5 Å². The van der Waals surface area contributed by atoms with Crippen molar-refractivity contribution >= 4 is 29.3 Å². The molecule has 0 radical (unpaired) electrons. The van der Waals surface area contributed by atoms with E-state index in [2.05, 4.69) is 10.6 Å². The molecule has 9 nitrogen and oxygen atoms in total. The van der Waals surface area contributed by atoms with Crippen molar-refractivity contribution in [3.63, 3.8) is 0 Å². The highest BCUT2D eigenvalue weighted by atomic mass is 16.5. The lowest BCUT2D eigenvalue weighted by Crippen LogP contribution is -2.41. The number of imide groups is 1. The zero-order valence-electron chi connectivity index (χ0n) is 19.2. The van der Waals surface area contributed by atoms with Gasteiger partial charge in [0.05, 0.1) is 19.8 Å². The topological polar surface area (TPSA) is 114 Å². The number of urea groups is 1. The minimum absolute atomic E-state index is 0.102. The van der Waals surface area contributed by atoms with Crippen LogP contribution in [-0.2, 0) is 15.1 Å². The number of hydrogen-bond donors (Lipinski definition) is 2. The highest BCUT2D eigenvalue weighted by molar-refractivity contribution is 6.11. The molecule has 178 valence electrons. The minimum atomic E-state index is -1.34. The number of nitrogens with one attached hydrogen (secondary N) is 2. The molecule has 0 aromatic heterocycles. The SMILES string of the molecule is CCCC(=O)Nc1ccc(C(=O)CN2C(=O)NC(C)(c3ccc4c(c3)OCCCO4)C2=O)cc1. The third kappa shape index (κ3) is 4.59. The highest BCUT2D eigenvalue weighted by Gasteiger charge is 2.49. The van der Waals surface area contributed by atoms with Gasteiger partial charge in [-0.15, -0.1) is 0 Å². The van der Waals surface area contributed by atoms with Crippen molar-refractivity contribution in [2.45, 2.75) is 38.6 Å². The summed E-state index contributed by atoms with van der Waals surface area (Å²) in [7, 11) is 0. The van der Waals surface area contributed by atoms with Gasteiger partial charge in [0, 0.05) is 24.1 Å². The maximum absolute atomic E-state index is 13.2. The lowest BCUT2D eigenvalue weighted by molar-refractivity contribution is -0.130. The Bertz CT molecular complexity index is 1130. The van der Waals surface area contributed by atoms with E-state index >= 15 is 0 Å². The van der Waals surface area contributed by atoms with Crippen molar-refractivity contribution in [2.24, 2.45) is 0 Å². The number of anilines is 1. The fourth-order valence-electron chi connectivity index (χ4n) is 3.94. The number of carbonyl (C=O) groups is 4. The van der Waals surface area contributed by atoms with Crippen molar-refractivity contribution in [1.82, 2.24) is 10.2 Å². The summed E-state index contributed by atoms with van der Waals surface area (Å²) in [5, 5.41) is 5.46. The molecule has 2 aromatic carbocycles. The number of hydrogen-bond acceptors (Lipinski definition) is 6. The fourth-order valence-corrected chi connectivity index (χ4v) is 3.94. The van der Waals surface area contributed by atoms with Crippen LogP contribution in [0.15, 0.2) is 42.5 Å². The number of rotatable bonds is 7. The normalized spacial score (nSPS) is 19.4. The maximum Gasteiger partial charge on any atom is 0.325 e. The van der Waals surface area contributed by atoms with Gasteiger partial charge in [0.15, 0.2) is 17.3 Å². The molecule has 4 rings (SSSR count). The molecule has 1 fully saturated rings. The van der Waals surface area contributed by atoms with E-state index in [1.54, 1.807) is 49.4 Å². The predicted molar refractivity (Wildman–Crippen MR) is 124 cm³/mol. The molecule has 34 heavy (non-hydrogen) atoms. The standard InChI is InChI=1S/C25H27N3O6/c1-3-5-22(30)26-18-9-6-16(7-10-18)19(29)15-28-23(31)25(2,27-24(28)32)17-8-11-20-21(14-17)34-13-4-12-33-20/h6-11,14H,3-5,12-13,15H2,1-2H3,(H,26,30)(H,27,32). The van der Waals surface area contributed by atoms with Crippen LogP contribution in [0, 0.1) is 0 Å². The summed E-state index contributed by atoms with van der Waals surface area (Å²) in [6.45, 7) is 4.16. The van der Waals surface area contributed by atoms with Gasteiger partial charge in [-0.05, 0) is 55.3 Å². The summed E-state index contributed by atoms with van der Waals surface area (Å²) < 4.78 is 11.3. The van der Waals surface area contributed by atoms with E-state index in [4.69, 9.17) is 9.47 Å². The fraction of sp³-hybridized carbons (Fsp3) is 0.360. The zero-order valence-corrected chi connectivity index (χ0v) is 19.2. The van der Waals surface area contributed by atoms with Crippen LogP contribution in [0.2, 0.25) is 0 Å². The van der Waals surface area contributed by atoms with E-state index in [1.807, 2.05) is 6.92 Å². The number of amides is 4. The molecule has 2 aliphatic heterocycles. The van der Waals surface area contributed by atoms with Gasteiger partial charge in [0.1, 0.15) is 5.54 Å². The Balaban J connectivity index is 1.47. The van der Waals surface area contributed by atoms with Crippen molar-refractivity contribution in [3.8, 4) is 11.5 Å². The quantitative estimate of drug-likeness (QED) is 0.479. The Morgan fingerprint density at radius 2 is 1.76 bits per heavy atom. The van der Waals surface area contributed by atoms with Crippen molar-refractivity contribution < 1.29 is 28.7 Å². The molecule has 4 amide bonds. The van der Waals surface area contributed by atoms with Crippen LogP contribution in [0.25, 0.3) is 0 Å². The molecule has 2 aromatic rings. The number of ketones is 1. The summed E-state index contributed by atoms with van der Waals surface area (Å²) in [4.78, 5) is 51.4. The molecular formula is C25H27N3O6. The minimum Gasteiger partial charge on any atom is -0.490 e. The van der Waals surface area contributed by atoms with Gasteiger partial charge in [0.2, 0.25) is 5.91 Å². The molecule has 1 atom stereocenters. The summed E-state index contributed by atoms with van der Waals surface area (Å²) in [5.41, 5.74) is 0.109. The Morgan fingerprint density at radius 3 is 2.47 bits per heavy atom. The van der Waals surface area contributed by atoms with Gasteiger partial charge >= 0.3 is 6.03 Å². The van der Waals surface area contributed by atoms with E-state index in [0.717, 1.165) is 17.7 Å². The van der Waals surface area contributed by atoms with Crippen LogP contribution in [0.1, 0.15) is 49.0 Å². The van der Waals surface area contributed by atoms with E-state index in [9.17, 15) is 19.2 Å². The molecule has 0 aliphatic carbocycles. The second-order valence-corrected chi connectivity index (χ2v) is 8.46. The average molecular weight is 466 g/mol. The first kappa shape index (κ1) is 23.3. The van der Waals surface area contributed by atoms with Crippen molar-refractivity contribution in [1.29, 1.82) is 0 Å². The van der Waals surface area contributed by atoms with E-state index in [-0.39, 0.29) is 5.91 Å². The number of carbonyl (C=O) groups excluding carboxylic acids is 4. The molecule has 1 unspecified atom stereocenters. The van der Waals surface area contributed by atoms with Gasteiger partial charge < -0.3 is 20.1 Å². The van der Waals surface area contributed by atoms with Gasteiger partial charge in [0.25, 0.3) is 5.91 Å². The van der Waals surface area contributed by atoms with E-state index < -0.39 is 29.8 Å². The number of fused-ring (bicyclic) bond motifs is 1. The van der Waals surface area contributed by atoms with Crippen LogP contribution < -0.4 is 20.1 Å². The van der Waals surface area contributed by atoms with Crippen molar-refractivity contribution in [3.05, 3.63) is 53.6 Å². The van der Waals surface area contributed by atoms with E-state index in [0.29, 0.717) is 47.9 Å². The average Bonchev–Trinajstić information content (AvgIpc) is 2.98. The first-order valence-electron chi connectivity index (χ1n) is 11.3. The maximum atomic E-state index is 13.2. The van der Waals surface area contributed by atoms with Crippen LogP contribution >= 0.6 is 0 Å². The van der Waals surface area contributed by atoms with E-state index in [1.165, 1.54) is 0 Å². The molecule has 1 saturated heterocycles. The largest absolute Gasteiger partial charge is 0.490 e. The molecule has 2 heterocycles. The zero-order chi connectivity index (χ0) is 24.3. The van der Waals surface area contributed by atoms with Crippen LogP contribution in [0.4, 0.5) is 10.5 Å². The van der Waals surface area contributed by atoms with Gasteiger partial charge in [-0.2, -0.15) is 0 Å². The summed E-state index contributed by atoms with van der Waals surface area (Å²) in [5.74, 6) is 0.0819. The molecule has 2 N–H and O–H groups in total. The Hall–Kier alpha value is -3.88. The Labute approximate surface area is 197 Å². The molecule has 0 bridgehead atoms. The summed E-state index contributed by atoms with van der Waals surface area (Å²) >= 11 is 0. The smallest absolute Gasteiger partial charge is 0.325 e. The molecule has 2 aliphatic rings. The first-order chi connectivity index (χ1) is 16.3. The molecule has 0 saturated carbocycles. The number of nitrogens with zero attached hydrogens (tertiary/aromatic N) is 1. The lowest BCUT2D eigenvalue weighted by atomic mass is 9.91. The second kappa shape index (κ2) is 9.54.